The predicted molar refractivity (Wildman–Crippen MR) is 118 cm³/mol. The largest absolute Gasteiger partial charge is 0.366 e. The Labute approximate surface area is 168 Å². The van der Waals surface area contributed by atoms with Gasteiger partial charge in [-0.15, -0.1) is 0 Å². The molecule has 0 amide bonds. The van der Waals surface area contributed by atoms with Crippen molar-refractivity contribution in [1.29, 1.82) is 0 Å². The van der Waals surface area contributed by atoms with E-state index in [-0.39, 0.29) is 0 Å². The summed E-state index contributed by atoms with van der Waals surface area (Å²) in [5.41, 5.74) is 4.81. The number of hydrogen-bond acceptors (Lipinski definition) is 4. The van der Waals surface area contributed by atoms with Crippen molar-refractivity contribution in [2.45, 2.75) is 13.0 Å². The quantitative estimate of drug-likeness (QED) is 0.329. The van der Waals surface area contributed by atoms with Crippen LogP contribution in [0.25, 0.3) is 21.8 Å². The van der Waals surface area contributed by atoms with Crippen LogP contribution in [-0.2, 0) is 13.0 Å². The number of rotatable bonds is 7. The van der Waals surface area contributed by atoms with E-state index in [2.05, 4.69) is 79.2 Å². The zero-order valence-electron chi connectivity index (χ0n) is 15.9. The summed E-state index contributed by atoms with van der Waals surface area (Å²) in [6, 6.07) is 18.7. The maximum absolute atomic E-state index is 4.57. The third kappa shape index (κ3) is 3.78. The van der Waals surface area contributed by atoms with Crippen LogP contribution >= 0.6 is 0 Å². The van der Waals surface area contributed by atoms with Crippen molar-refractivity contribution in [3.8, 4) is 0 Å². The summed E-state index contributed by atoms with van der Waals surface area (Å²) in [5.74, 6) is 1.44. The van der Waals surface area contributed by atoms with Gasteiger partial charge < -0.3 is 20.6 Å². The molecule has 0 aliphatic carbocycles. The number of anilines is 2. The second-order valence-electron chi connectivity index (χ2n) is 7.05. The van der Waals surface area contributed by atoms with Crippen molar-refractivity contribution in [2.24, 2.45) is 0 Å². The molecule has 0 saturated carbocycles. The summed E-state index contributed by atoms with van der Waals surface area (Å²) >= 11 is 0. The van der Waals surface area contributed by atoms with Gasteiger partial charge in [-0.1, -0.05) is 30.3 Å². The van der Waals surface area contributed by atoms with Gasteiger partial charge in [0.2, 0.25) is 5.95 Å². The molecule has 0 aliphatic heterocycles. The molecule has 2 aromatic carbocycles. The van der Waals surface area contributed by atoms with Gasteiger partial charge in [-0.2, -0.15) is 4.98 Å². The molecule has 0 atom stereocenters. The summed E-state index contributed by atoms with van der Waals surface area (Å²) in [7, 11) is 0. The summed E-state index contributed by atoms with van der Waals surface area (Å²) in [6.45, 7) is 1.48. The molecule has 5 rings (SSSR count). The summed E-state index contributed by atoms with van der Waals surface area (Å²) < 4.78 is 0. The van der Waals surface area contributed by atoms with Crippen molar-refractivity contribution in [3.63, 3.8) is 0 Å². The number of fused-ring (bicyclic) bond motifs is 2. The molecule has 29 heavy (non-hydrogen) atoms. The van der Waals surface area contributed by atoms with Gasteiger partial charge in [0.25, 0.3) is 0 Å². The van der Waals surface area contributed by atoms with Crippen LogP contribution in [0.5, 0.6) is 0 Å². The van der Waals surface area contributed by atoms with Crippen LogP contribution in [0.3, 0.4) is 0 Å². The lowest BCUT2D eigenvalue weighted by Crippen LogP contribution is -2.09. The minimum Gasteiger partial charge on any atom is -0.366 e. The van der Waals surface area contributed by atoms with Crippen LogP contribution in [0.1, 0.15) is 11.1 Å². The molecule has 5 aromatic rings. The highest BCUT2D eigenvalue weighted by molar-refractivity contribution is 5.83. The molecule has 0 saturated heterocycles. The molecule has 6 nitrogen and oxygen atoms in total. The highest BCUT2D eigenvalue weighted by Crippen LogP contribution is 2.18. The first-order valence-electron chi connectivity index (χ1n) is 9.77. The molecule has 0 radical (unpaired) electrons. The fourth-order valence-corrected chi connectivity index (χ4v) is 3.59. The molecule has 0 spiro atoms. The van der Waals surface area contributed by atoms with E-state index in [1.165, 1.54) is 27.4 Å². The smallest absolute Gasteiger partial charge is 0.224 e. The maximum atomic E-state index is 4.57. The van der Waals surface area contributed by atoms with Crippen molar-refractivity contribution in [2.75, 3.05) is 17.2 Å². The zero-order valence-corrected chi connectivity index (χ0v) is 15.9. The molecule has 4 N–H and O–H groups in total. The summed E-state index contributed by atoms with van der Waals surface area (Å²) in [4.78, 5) is 15.5. The first kappa shape index (κ1) is 17.3. The first-order valence-corrected chi connectivity index (χ1v) is 9.77. The second kappa shape index (κ2) is 7.67. The molecular weight excluding hydrogens is 360 g/mol. The fraction of sp³-hybridized carbons (Fsp3) is 0.130. The number of H-pyrrole nitrogens is 2. The van der Waals surface area contributed by atoms with Gasteiger partial charge in [-0.05, 0) is 47.2 Å². The predicted octanol–water partition coefficient (Wildman–Crippen LogP) is 4.71. The minimum absolute atomic E-state index is 0.634. The lowest BCUT2D eigenvalue weighted by molar-refractivity contribution is 0.985. The monoisotopic (exact) mass is 382 g/mol. The molecule has 144 valence electrons. The van der Waals surface area contributed by atoms with Crippen LogP contribution in [0.2, 0.25) is 0 Å². The minimum atomic E-state index is 0.634. The Morgan fingerprint density at radius 1 is 0.897 bits per heavy atom. The van der Waals surface area contributed by atoms with Crippen LogP contribution in [0.15, 0.2) is 73.2 Å². The molecule has 6 heteroatoms. The number of aromatic amines is 2. The second-order valence-corrected chi connectivity index (χ2v) is 7.05. The third-order valence-corrected chi connectivity index (χ3v) is 5.10. The van der Waals surface area contributed by atoms with Gasteiger partial charge in [0.1, 0.15) is 5.82 Å². The van der Waals surface area contributed by atoms with E-state index in [9.17, 15) is 0 Å². The Bertz CT molecular complexity index is 1250. The van der Waals surface area contributed by atoms with Gasteiger partial charge >= 0.3 is 0 Å². The Morgan fingerprint density at radius 3 is 2.86 bits per heavy atom. The van der Waals surface area contributed by atoms with E-state index in [4.69, 9.17) is 0 Å². The van der Waals surface area contributed by atoms with Crippen molar-refractivity contribution >= 4 is 33.6 Å². The van der Waals surface area contributed by atoms with Gasteiger partial charge in [-0.25, -0.2) is 4.98 Å². The number of aromatic nitrogens is 4. The number of para-hydroxylation sites is 1. The van der Waals surface area contributed by atoms with E-state index in [1.54, 1.807) is 6.20 Å². The standard InChI is InChI=1S/C23H22N6/c1-2-4-20-19(3-1)18(15-27-20)8-11-25-23-26-12-9-22(29-23)28-14-16-5-6-17-7-10-24-21(17)13-16/h1-7,9-10,12-13,15,24,27H,8,11,14H2,(H2,25,26,28,29). The van der Waals surface area contributed by atoms with Gasteiger partial charge in [0, 0.05) is 48.1 Å². The average molecular weight is 382 g/mol. The van der Waals surface area contributed by atoms with Crippen LogP contribution in [0.4, 0.5) is 11.8 Å². The number of hydrogen-bond donors (Lipinski definition) is 4. The first-order chi connectivity index (χ1) is 14.3. The third-order valence-electron chi connectivity index (χ3n) is 5.10. The summed E-state index contributed by atoms with van der Waals surface area (Å²) in [5, 5.41) is 9.19. The molecule has 0 fully saturated rings. The molecule has 0 aliphatic rings. The van der Waals surface area contributed by atoms with E-state index < -0.39 is 0 Å². The molecule has 0 bridgehead atoms. The number of benzene rings is 2. The Kier molecular flexibility index (Phi) is 4.58. The normalized spacial score (nSPS) is 11.2. The average Bonchev–Trinajstić information content (AvgIpc) is 3.39. The zero-order chi connectivity index (χ0) is 19.5. The van der Waals surface area contributed by atoms with Crippen molar-refractivity contribution in [1.82, 2.24) is 19.9 Å². The van der Waals surface area contributed by atoms with Gasteiger partial charge in [-0.3, -0.25) is 0 Å². The number of nitrogens with one attached hydrogen (secondary N) is 4. The topological polar surface area (TPSA) is 81.4 Å². The van der Waals surface area contributed by atoms with Crippen molar-refractivity contribution < 1.29 is 0 Å². The Balaban J connectivity index is 1.19. The number of nitrogens with zero attached hydrogens (tertiary/aromatic N) is 2. The van der Waals surface area contributed by atoms with E-state index >= 15 is 0 Å². The summed E-state index contributed by atoms with van der Waals surface area (Å²) in [6.07, 6.45) is 6.71. The Hall–Kier alpha value is -3.80. The Morgan fingerprint density at radius 2 is 1.86 bits per heavy atom. The molecule has 0 unspecified atom stereocenters. The van der Waals surface area contributed by atoms with Gasteiger partial charge in [0.05, 0.1) is 0 Å². The lowest BCUT2D eigenvalue weighted by Gasteiger charge is -2.09. The highest BCUT2D eigenvalue weighted by atomic mass is 15.1. The SMILES string of the molecule is c1ccc2c(CCNc3nccc(NCc4ccc5cc[nH]c5c4)n3)c[nH]c2c1. The fourth-order valence-electron chi connectivity index (χ4n) is 3.59. The molecular formula is C23H22N6. The highest BCUT2D eigenvalue weighted by Gasteiger charge is 2.04. The molecule has 3 heterocycles. The molecule has 3 aromatic heterocycles. The van der Waals surface area contributed by atoms with E-state index in [0.29, 0.717) is 12.5 Å². The van der Waals surface area contributed by atoms with Crippen LogP contribution in [0, 0.1) is 0 Å². The van der Waals surface area contributed by atoms with Gasteiger partial charge in [0.15, 0.2) is 0 Å². The van der Waals surface area contributed by atoms with Crippen molar-refractivity contribution in [3.05, 3.63) is 84.3 Å². The maximum Gasteiger partial charge on any atom is 0.224 e. The lowest BCUT2D eigenvalue weighted by atomic mass is 10.1. The van der Waals surface area contributed by atoms with E-state index in [1.807, 2.05) is 18.3 Å². The van der Waals surface area contributed by atoms with Crippen LogP contribution in [-0.4, -0.2) is 26.5 Å². The van der Waals surface area contributed by atoms with E-state index in [0.717, 1.165) is 24.3 Å². The van der Waals surface area contributed by atoms with Crippen LogP contribution < -0.4 is 10.6 Å².